The zero-order valence-electron chi connectivity index (χ0n) is 22.6. The van der Waals surface area contributed by atoms with Gasteiger partial charge in [0.2, 0.25) is 5.91 Å². The topological polar surface area (TPSA) is 80.3 Å². The minimum absolute atomic E-state index is 0.00594. The number of ether oxygens (including phenoxy) is 3. The highest BCUT2D eigenvalue weighted by molar-refractivity contribution is 7.09. The minimum Gasteiger partial charge on any atom is -0.494 e. The quantitative estimate of drug-likeness (QED) is 0.285. The molecule has 9 heteroatoms. The minimum atomic E-state index is -0.305. The molecule has 0 unspecified atom stereocenters. The van der Waals surface area contributed by atoms with Crippen molar-refractivity contribution in [2.75, 3.05) is 45.8 Å². The van der Waals surface area contributed by atoms with Crippen LogP contribution in [0.2, 0.25) is 0 Å². The van der Waals surface area contributed by atoms with Crippen molar-refractivity contribution < 1.29 is 23.8 Å². The van der Waals surface area contributed by atoms with Gasteiger partial charge in [0.15, 0.2) is 11.5 Å². The summed E-state index contributed by atoms with van der Waals surface area (Å²) in [5, 5.41) is 4.90. The Kier molecular flexibility index (Phi) is 11.3. The zero-order chi connectivity index (χ0) is 27.3. The summed E-state index contributed by atoms with van der Waals surface area (Å²) in [5.41, 5.74) is 1.68. The third-order valence-corrected chi connectivity index (χ3v) is 6.78. The van der Waals surface area contributed by atoms with Crippen molar-refractivity contribution in [2.24, 2.45) is 0 Å². The lowest BCUT2D eigenvalue weighted by molar-refractivity contribution is -0.132. The lowest BCUT2D eigenvalue weighted by atomic mass is 10.1. The van der Waals surface area contributed by atoms with Crippen molar-refractivity contribution in [2.45, 2.75) is 33.2 Å². The SMILES string of the molecule is CCCN(CC(=O)N(CCc1ccc(OC)c(OC)c1)Cc1cccs1)C(=O)Nc1ccc(OCC)cc1. The van der Waals surface area contributed by atoms with E-state index in [-0.39, 0.29) is 18.5 Å². The summed E-state index contributed by atoms with van der Waals surface area (Å²) in [7, 11) is 3.21. The summed E-state index contributed by atoms with van der Waals surface area (Å²) < 4.78 is 16.2. The van der Waals surface area contributed by atoms with Gasteiger partial charge in [0.1, 0.15) is 12.3 Å². The number of hydrogen-bond acceptors (Lipinski definition) is 6. The lowest BCUT2D eigenvalue weighted by Gasteiger charge is -2.27. The number of carbonyl (C=O) groups excluding carboxylic acids is 2. The summed E-state index contributed by atoms with van der Waals surface area (Å²) in [6.45, 7) is 5.95. The molecule has 0 aliphatic carbocycles. The fourth-order valence-electron chi connectivity index (χ4n) is 3.97. The molecule has 3 amide bonds. The summed E-state index contributed by atoms with van der Waals surface area (Å²) in [4.78, 5) is 31.1. The zero-order valence-corrected chi connectivity index (χ0v) is 23.4. The number of hydrogen-bond donors (Lipinski definition) is 1. The molecule has 0 radical (unpaired) electrons. The largest absolute Gasteiger partial charge is 0.494 e. The molecule has 1 N–H and O–H groups in total. The molecular formula is C29H37N3O5S. The van der Waals surface area contributed by atoms with Gasteiger partial charge in [-0.15, -0.1) is 11.3 Å². The Morgan fingerprint density at radius 3 is 2.32 bits per heavy atom. The van der Waals surface area contributed by atoms with E-state index in [9.17, 15) is 9.59 Å². The van der Waals surface area contributed by atoms with Gasteiger partial charge in [-0.25, -0.2) is 4.79 Å². The Balaban J connectivity index is 1.69. The fourth-order valence-corrected chi connectivity index (χ4v) is 4.69. The predicted octanol–water partition coefficient (Wildman–Crippen LogP) is 5.68. The maximum absolute atomic E-state index is 13.5. The van der Waals surface area contributed by atoms with Crippen molar-refractivity contribution >= 4 is 29.0 Å². The molecule has 0 saturated heterocycles. The Bertz CT molecular complexity index is 1150. The van der Waals surface area contributed by atoms with E-state index in [1.165, 1.54) is 0 Å². The Morgan fingerprint density at radius 2 is 1.68 bits per heavy atom. The van der Waals surface area contributed by atoms with Crippen molar-refractivity contribution in [3.05, 3.63) is 70.4 Å². The van der Waals surface area contributed by atoms with E-state index in [0.29, 0.717) is 49.8 Å². The average Bonchev–Trinajstić information content (AvgIpc) is 3.45. The van der Waals surface area contributed by atoms with Crippen LogP contribution in [-0.4, -0.2) is 62.2 Å². The molecule has 0 fully saturated rings. The molecule has 0 spiro atoms. The maximum atomic E-state index is 13.5. The number of nitrogens with zero attached hydrogens (tertiary/aromatic N) is 2. The first kappa shape index (κ1) is 28.8. The van der Waals surface area contributed by atoms with E-state index >= 15 is 0 Å². The molecule has 0 atom stereocenters. The van der Waals surface area contributed by atoms with Crippen molar-refractivity contribution in [1.29, 1.82) is 0 Å². The fraction of sp³-hybridized carbons (Fsp3) is 0.379. The van der Waals surface area contributed by atoms with E-state index in [2.05, 4.69) is 5.32 Å². The highest BCUT2D eigenvalue weighted by Gasteiger charge is 2.22. The molecule has 2 aromatic carbocycles. The van der Waals surface area contributed by atoms with Crippen LogP contribution < -0.4 is 19.5 Å². The molecule has 1 heterocycles. The number of rotatable bonds is 14. The third-order valence-electron chi connectivity index (χ3n) is 5.92. The molecule has 38 heavy (non-hydrogen) atoms. The number of thiophene rings is 1. The highest BCUT2D eigenvalue weighted by Crippen LogP contribution is 2.28. The second kappa shape index (κ2) is 14.9. The summed E-state index contributed by atoms with van der Waals surface area (Å²) in [5.74, 6) is 1.96. The van der Waals surface area contributed by atoms with Gasteiger partial charge in [-0.3, -0.25) is 4.79 Å². The van der Waals surface area contributed by atoms with E-state index in [0.717, 1.165) is 22.6 Å². The van der Waals surface area contributed by atoms with Crippen LogP contribution in [0.3, 0.4) is 0 Å². The maximum Gasteiger partial charge on any atom is 0.322 e. The molecule has 0 bridgehead atoms. The van der Waals surface area contributed by atoms with Crippen LogP contribution in [0, 0.1) is 0 Å². The van der Waals surface area contributed by atoms with Gasteiger partial charge in [0.25, 0.3) is 0 Å². The number of carbonyl (C=O) groups is 2. The van der Waals surface area contributed by atoms with Crippen molar-refractivity contribution in [3.63, 3.8) is 0 Å². The number of benzene rings is 2. The predicted molar refractivity (Wildman–Crippen MR) is 151 cm³/mol. The second-order valence-corrected chi connectivity index (χ2v) is 9.68. The molecule has 3 aromatic rings. The number of nitrogens with one attached hydrogen (secondary N) is 1. The van der Waals surface area contributed by atoms with Gasteiger partial charge in [0, 0.05) is 23.7 Å². The van der Waals surface area contributed by atoms with Gasteiger partial charge in [-0.1, -0.05) is 19.1 Å². The van der Waals surface area contributed by atoms with Crippen LogP contribution in [0.4, 0.5) is 10.5 Å². The molecule has 204 valence electrons. The van der Waals surface area contributed by atoms with Crippen LogP contribution in [0.25, 0.3) is 0 Å². The lowest BCUT2D eigenvalue weighted by Crippen LogP contribution is -2.45. The summed E-state index contributed by atoms with van der Waals surface area (Å²) in [6.07, 6.45) is 1.38. The van der Waals surface area contributed by atoms with Crippen LogP contribution in [-0.2, 0) is 17.8 Å². The Hall–Kier alpha value is -3.72. The number of urea groups is 1. The molecule has 0 aliphatic rings. The second-order valence-electron chi connectivity index (χ2n) is 8.64. The van der Waals surface area contributed by atoms with Crippen LogP contribution in [0.1, 0.15) is 30.7 Å². The molecule has 1 aromatic heterocycles. The monoisotopic (exact) mass is 539 g/mol. The van der Waals surface area contributed by atoms with Gasteiger partial charge in [-0.2, -0.15) is 0 Å². The van der Waals surface area contributed by atoms with Crippen LogP contribution in [0.15, 0.2) is 60.0 Å². The standard InChI is InChI=1S/C29H37N3O5S/c1-5-16-32(29(34)30-23-10-12-24(13-11-23)37-6-2)21-28(33)31(20-25-8-7-18-38-25)17-15-22-9-14-26(35-3)27(19-22)36-4/h7-14,18-19H,5-6,15-17,20-21H2,1-4H3,(H,30,34). The van der Waals surface area contributed by atoms with Crippen molar-refractivity contribution in [1.82, 2.24) is 9.80 Å². The van der Waals surface area contributed by atoms with Gasteiger partial charge in [-0.05, 0) is 73.2 Å². The molecule has 0 saturated carbocycles. The van der Waals surface area contributed by atoms with Crippen molar-refractivity contribution in [3.8, 4) is 17.2 Å². The van der Waals surface area contributed by atoms with Gasteiger partial charge < -0.3 is 29.3 Å². The van der Waals surface area contributed by atoms with E-state index in [4.69, 9.17) is 14.2 Å². The van der Waals surface area contributed by atoms with Gasteiger partial charge in [0.05, 0.1) is 27.4 Å². The third kappa shape index (κ3) is 8.41. The molecule has 3 rings (SSSR count). The normalized spacial score (nSPS) is 10.5. The molecule has 8 nitrogen and oxygen atoms in total. The number of methoxy groups -OCH3 is 2. The molecule has 0 aliphatic heterocycles. The average molecular weight is 540 g/mol. The van der Waals surface area contributed by atoms with E-state index in [1.807, 2.05) is 66.6 Å². The van der Waals surface area contributed by atoms with Crippen LogP contribution in [0.5, 0.6) is 17.2 Å². The Morgan fingerprint density at radius 1 is 0.921 bits per heavy atom. The van der Waals surface area contributed by atoms with E-state index < -0.39 is 0 Å². The Labute approximate surface area is 229 Å². The highest BCUT2D eigenvalue weighted by atomic mass is 32.1. The van der Waals surface area contributed by atoms with Crippen LogP contribution >= 0.6 is 11.3 Å². The summed E-state index contributed by atoms with van der Waals surface area (Å²) in [6, 6.07) is 16.7. The number of anilines is 1. The smallest absolute Gasteiger partial charge is 0.322 e. The van der Waals surface area contributed by atoms with Gasteiger partial charge >= 0.3 is 6.03 Å². The van der Waals surface area contributed by atoms with E-state index in [1.54, 1.807) is 42.6 Å². The first-order valence-electron chi connectivity index (χ1n) is 12.8. The first-order valence-corrected chi connectivity index (χ1v) is 13.6. The molecular weight excluding hydrogens is 502 g/mol. The number of amides is 3. The summed E-state index contributed by atoms with van der Waals surface area (Å²) >= 11 is 1.61. The first-order chi connectivity index (χ1) is 18.5.